The van der Waals surface area contributed by atoms with Crippen LogP contribution in [0, 0.1) is 0 Å². The Morgan fingerprint density at radius 1 is 1.08 bits per heavy atom. The van der Waals surface area contributed by atoms with Crippen molar-refractivity contribution in [2.75, 3.05) is 19.5 Å². The summed E-state index contributed by atoms with van der Waals surface area (Å²) in [4.78, 5) is 15.9. The maximum absolute atomic E-state index is 11.6. The number of pyridine rings is 1. The standard InChI is InChI=1S/C18H15ClN2O4/c1-24-16-8-12(18(22)23)15(9-17(16)25-2)21-13-5-6-20-14-7-10(19)3-4-11(13)14/h3-9H,1-2H3,(H,20,21)(H,22,23). The van der Waals surface area contributed by atoms with Gasteiger partial charge in [-0.15, -0.1) is 0 Å². The minimum Gasteiger partial charge on any atom is -0.493 e. The van der Waals surface area contributed by atoms with Crippen LogP contribution in [0.2, 0.25) is 5.02 Å². The van der Waals surface area contributed by atoms with Crippen LogP contribution in [0.3, 0.4) is 0 Å². The van der Waals surface area contributed by atoms with Gasteiger partial charge in [0.15, 0.2) is 11.5 Å². The van der Waals surface area contributed by atoms with Gasteiger partial charge < -0.3 is 19.9 Å². The Kier molecular flexibility index (Phi) is 4.63. The van der Waals surface area contributed by atoms with E-state index in [1.807, 2.05) is 6.07 Å². The number of carboxylic acid groups (broad SMARTS) is 1. The number of ether oxygens (including phenoxy) is 2. The lowest BCUT2D eigenvalue weighted by Gasteiger charge is -2.15. The van der Waals surface area contributed by atoms with Gasteiger partial charge in [-0.3, -0.25) is 4.98 Å². The van der Waals surface area contributed by atoms with Crippen LogP contribution in [0.25, 0.3) is 10.9 Å². The Morgan fingerprint density at radius 3 is 2.48 bits per heavy atom. The summed E-state index contributed by atoms with van der Waals surface area (Å²) in [5.41, 5.74) is 1.86. The van der Waals surface area contributed by atoms with Crippen molar-refractivity contribution in [1.29, 1.82) is 0 Å². The average Bonchev–Trinajstić information content (AvgIpc) is 2.61. The molecule has 0 unspecified atom stereocenters. The summed E-state index contributed by atoms with van der Waals surface area (Å²) in [6.07, 6.45) is 1.63. The van der Waals surface area contributed by atoms with E-state index in [2.05, 4.69) is 10.3 Å². The first kappa shape index (κ1) is 16.9. The highest BCUT2D eigenvalue weighted by Crippen LogP contribution is 2.36. The predicted molar refractivity (Wildman–Crippen MR) is 96.5 cm³/mol. The monoisotopic (exact) mass is 358 g/mol. The predicted octanol–water partition coefficient (Wildman–Crippen LogP) is 4.35. The Hall–Kier alpha value is -2.99. The number of nitrogens with zero attached hydrogens (tertiary/aromatic N) is 1. The van der Waals surface area contributed by atoms with Crippen LogP contribution >= 0.6 is 11.6 Å². The number of methoxy groups -OCH3 is 2. The summed E-state index contributed by atoms with van der Waals surface area (Å²) >= 11 is 6.00. The van der Waals surface area contributed by atoms with E-state index in [1.54, 1.807) is 30.5 Å². The summed E-state index contributed by atoms with van der Waals surface area (Å²) in [5, 5.41) is 14.0. The normalized spacial score (nSPS) is 10.5. The number of rotatable bonds is 5. The number of aromatic carboxylic acids is 1. The number of hydrogen-bond acceptors (Lipinski definition) is 5. The van der Waals surface area contributed by atoms with Gasteiger partial charge in [0.25, 0.3) is 0 Å². The zero-order chi connectivity index (χ0) is 18.0. The summed E-state index contributed by atoms with van der Waals surface area (Å²) in [5.74, 6) is -0.307. The van der Waals surface area contributed by atoms with Crippen molar-refractivity contribution in [3.8, 4) is 11.5 Å². The maximum atomic E-state index is 11.6. The van der Waals surface area contributed by atoms with Crippen LogP contribution in [0.1, 0.15) is 10.4 Å². The van der Waals surface area contributed by atoms with Crippen molar-refractivity contribution in [2.24, 2.45) is 0 Å². The highest BCUT2D eigenvalue weighted by atomic mass is 35.5. The first-order valence-electron chi connectivity index (χ1n) is 7.34. The van der Waals surface area contributed by atoms with Crippen molar-refractivity contribution in [3.63, 3.8) is 0 Å². The number of hydrogen-bond donors (Lipinski definition) is 2. The zero-order valence-corrected chi connectivity index (χ0v) is 14.3. The van der Waals surface area contributed by atoms with E-state index in [1.165, 1.54) is 20.3 Å². The first-order valence-corrected chi connectivity index (χ1v) is 7.72. The molecule has 0 saturated carbocycles. The van der Waals surface area contributed by atoms with Gasteiger partial charge in [0.2, 0.25) is 0 Å². The SMILES string of the molecule is COc1cc(Nc2ccnc3cc(Cl)ccc23)c(C(=O)O)cc1OC. The third-order valence-electron chi connectivity index (χ3n) is 3.73. The van der Waals surface area contributed by atoms with Crippen molar-refractivity contribution in [2.45, 2.75) is 0 Å². The molecule has 25 heavy (non-hydrogen) atoms. The molecule has 0 atom stereocenters. The molecule has 0 saturated heterocycles. The molecule has 0 bridgehead atoms. The molecule has 2 aromatic carbocycles. The number of carbonyl (C=O) groups is 1. The minimum absolute atomic E-state index is 0.0663. The van der Waals surface area contributed by atoms with E-state index in [9.17, 15) is 9.90 Å². The highest BCUT2D eigenvalue weighted by Gasteiger charge is 2.17. The van der Waals surface area contributed by atoms with Crippen molar-refractivity contribution >= 4 is 39.8 Å². The molecule has 0 radical (unpaired) electrons. The van der Waals surface area contributed by atoms with E-state index in [-0.39, 0.29) is 5.56 Å². The molecule has 0 aliphatic carbocycles. The number of carboxylic acids is 1. The van der Waals surface area contributed by atoms with E-state index >= 15 is 0 Å². The third kappa shape index (κ3) is 3.29. The molecule has 3 aromatic rings. The van der Waals surface area contributed by atoms with Crippen LogP contribution in [-0.2, 0) is 0 Å². The highest BCUT2D eigenvalue weighted by molar-refractivity contribution is 6.31. The summed E-state index contributed by atoms with van der Waals surface area (Å²) in [6, 6.07) is 10.1. The van der Waals surface area contributed by atoms with Gasteiger partial charge in [-0.1, -0.05) is 11.6 Å². The number of aromatic nitrogens is 1. The molecule has 3 rings (SSSR count). The average molecular weight is 359 g/mol. The smallest absolute Gasteiger partial charge is 0.337 e. The van der Waals surface area contributed by atoms with Gasteiger partial charge >= 0.3 is 5.97 Å². The molecule has 1 aromatic heterocycles. The van der Waals surface area contributed by atoms with Crippen LogP contribution in [0.4, 0.5) is 11.4 Å². The van der Waals surface area contributed by atoms with E-state index in [0.717, 1.165) is 5.39 Å². The fourth-order valence-corrected chi connectivity index (χ4v) is 2.70. The number of benzene rings is 2. The molecule has 2 N–H and O–H groups in total. The van der Waals surface area contributed by atoms with Gasteiger partial charge in [-0.2, -0.15) is 0 Å². The molecule has 0 amide bonds. The Balaban J connectivity index is 2.13. The van der Waals surface area contributed by atoms with Crippen LogP contribution in [-0.4, -0.2) is 30.3 Å². The molecule has 1 heterocycles. The van der Waals surface area contributed by atoms with Crippen LogP contribution in [0.15, 0.2) is 42.6 Å². The minimum atomic E-state index is -1.08. The quantitative estimate of drug-likeness (QED) is 0.705. The second-order valence-electron chi connectivity index (χ2n) is 5.20. The van der Waals surface area contributed by atoms with Crippen molar-refractivity contribution in [1.82, 2.24) is 4.98 Å². The van der Waals surface area contributed by atoms with Crippen LogP contribution < -0.4 is 14.8 Å². The van der Waals surface area contributed by atoms with Gasteiger partial charge in [0.1, 0.15) is 0 Å². The second-order valence-corrected chi connectivity index (χ2v) is 5.64. The lowest BCUT2D eigenvalue weighted by molar-refractivity contribution is 0.0697. The van der Waals surface area contributed by atoms with Gasteiger partial charge in [-0.25, -0.2) is 4.79 Å². The number of fused-ring (bicyclic) bond motifs is 1. The number of anilines is 2. The van der Waals surface area contributed by atoms with Gasteiger partial charge in [0.05, 0.1) is 31.0 Å². The fraction of sp³-hybridized carbons (Fsp3) is 0.111. The Bertz CT molecular complexity index is 959. The fourth-order valence-electron chi connectivity index (χ4n) is 2.53. The molecular formula is C18H15ClN2O4. The topological polar surface area (TPSA) is 80.7 Å². The first-order chi connectivity index (χ1) is 12.0. The lowest BCUT2D eigenvalue weighted by Crippen LogP contribution is -2.05. The largest absolute Gasteiger partial charge is 0.493 e. The molecule has 0 aliphatic heterocycles. The van der Waals surface area contributed by atoms with E-state index in [0.29, 0.717) is 33.4 Å². The van der Waals surface area contributed by atoms with Crippen molar-refractivity contribution in [3.05, 3.63) is 53.2 Å². The van der Waals surface area contributed by atoms with E-state index in [4.69, 9.17) is 21.1 Å². The lowest BCUT2D eigenvalue weighted by atomic mass is 10.1. The molecule has 0 spiro atoms. The van der Waals surface area contributed by atoms with Gasteiger partial charge in [0, 0.05) is 34.4 Å². The molecule has 6 nitrogen and oxygen atoms in total. The van der Waals surface area contributed by atoms with E-state index < -0.39 is 5.97 Å². The second kappa shape index (κ2) is 6.86. The molecule has 0 fully saturated rings. The van der Waals surface area contributed by atoms with Crippen molar-refractivity contribution < 1.29 is 19.4 Å². The Labute approximate surface area is 149 Å². The molecule has 0 aliphatic rings. The summed E-state index contributed by atoms with van der Waals surface area (Å²) in [6.45, 7) is 0. The zero-order valence-electron chi connectivity index (χ0n) is 13.5. The molecule has 7 heteroatoms. The Morgan fingerprint density at radius 2 is 1.80 bits per heavy atom. The maximum Gasteiger partial charge on any atom is 0.337 e. The third-order valence-corrected chi connectivity index (χ3v) is 3.96. The summed E-state index contributed by atoms with van der Waals surface area (Å²) in [7, 11) is 2.95. The van der Waals surface area contributed by atoms with Gasteiger partial charge in [-0.05, 0) is 24.3 Å². The molecular weight excluding hydrogens is 344 g/mol. The number of nitrogens with one attached hydrogen (secondary N) is 1. The van der Waals surface area contributed by atoms with Crippen LogP contribution in [0.5, 0.6) is 11.5 Å². The molecule has 128 valence electrons. The number of halogens is 1. The summed E-state index contributed by atoms with van der Waals surface area (Å²) < 4.78 is 10.4.